The van der Waals surface area contributed by atoms with Gasteiger partial charge in [0.25, 0.3) is 0 Å². The molecule has 3 aromatic rings. The lowest BCUT2D eigenvalue weighted by Gasteiger charge is -2.12. The molecule has 0 aliphatic heterocycles. The number of esters is 1. The minimum absolute atomic E-state index is 0.314. The van der Waals surface area contributed by atoms with E-state index in [1.165, 1.54) is 0 Å². The highest BCUT2D eigenvalue weighted by Gasteiger charge is 2.12. The predicted octanol–water partition coefficient (Wildman–Crippen LogP) is 5.02. The van der Waals surface area contributed by atoms with E-state index in [1.54, 1.807) is 25.1 Å². The van der Waals surface area contributed by atoms with Gasteiger partial charge in [-0.3, -0.25) is 0 Å². The molecule has 0 radical (unpaired) electrons. The molecule has 4 nitrogen and oxygen atoms in total. The average Bonchev–Trinajstić information content (AvgIpc) is 2.72. The summed E-state index contributed by atoms with van der Waals surface area (Å²) in [6.45, 7) is 2.91. The van der Waals surface area contributed by atoms with Crippen LogP contribution in [0.2, 0.25) is 0 Å². The van der Waals surface area contributed by atoms with Crippen molar-refractivity contribution in [2.24, 2.45) is 0 Å². The van der Waals surface area contributed by atoms with E-state index in [0.717, 1.165) is 11.1 Å². The lowest BCUT2D eigenvalue weighted by Crippen LogP contribution is -2.06. The number of rotatable bonds is 8. The van der Waals surface area contributed by atoms with Gasteiger partial charge in [-0.1, -0.05) is 60.7 Å². The van der Waals surface area contributed by atoms with Crippen LogP contribution in [-0.2, 0) is 18.0 Å². The zero-order chi connectivity index (χ0) is 18.9. The van der Waals surface area contributed by atoms with E-state index in [1.807, 2.05) is 60.7 Å². The lowest BCUT2D eigenvalue weighted by molar-refractivity contribution is 0.0525. The van der Waals surface area contributed by atoms with E-state index < -0.39 is 5.97 Å². The van der Waals surface area contributed by atoms with Crippen LogP contribution >= 0.6 is 0 Å². The standard InChI is InChI=1S/C23H22O4/c1-2-25-23(24)20-13-21(26-16-18-9-5-3-6-10-18)15-22(14-20)27-17-19-11-7-4-8-12-19/h3-15H,2,16-17H2,1H3. The molecule has 3 rings (SSSR count). The molecule has 0 aromatic heterocycles. The van der Waals surface area contributed by atoms with Crippen LogP contribution < -0.4 is 9.47 Å². The highest BCUT2D eigenvalue weighted by molar-refractivity contribution is 5.90. The summed E-state index contributed by atoms with van der Waals surface area (Å²) in [6, 6.07) is 24.9. The van der Waals surface area contributed by atoms with Crippen molar-refractivity contribution < 1.29 is 19.0 Å². The SMILES string of the molecule is CCOC(=O)c1cc(OCc2ccccc2)cc(OCc2ccccc2)c1. The van der Waals surface area contributed by atoms with Crippen molar-refractivity contribution in [2.45, 2.75) is 20.1 Å². The summed E-state index contributed by atoms with van der Waals surface area (Å²) in [7, 11) is 0. The maximum absolute atomic E-state index is 12.2. The molecule has 138 valence electrons. The Labute approximate surface area is 159 Å². The van der Waals surface area contributed by atoms with E-state index in [9.17, 15) is 4.79 Å². The molecule has 0 N–H and O–H groups in total. The number of hydrogen-bond donors (Lipinski definition) is 0. The maximum Gasteiger partial charge on any atom is 0.338 e. The van der Waals surface area contributed by atoms with Crippen molar-refractivity contribution in [3.05, 3.63) is 95.6 Å². The summed E-state index contributed by atoms with van der Waals surface area (Å²) in [5, 5.41) is 0. The van der Waals surface area contributed by atoms with Gasteiger partial charge in [-0.25, -0.2) is 4.79 Å². The fraction of sp³-hybridized carbons (Fsp3) is 0.174. The molecule has 0 aliphatic rings. The van der Waals surface area contributed by atoms with E-state index in [2.05, 4.69) is 0 Å². The van der Waals surface area contributed by atoms with Gasteiger partial charge < -0.3 is 14.2 Å². The zero-order valence-electron chi connectivity index (χ0n) is 15.3. The van der Waals surface area contributed by atoms with E-state index in [0.29, 0.717) is 36.9 Å². The fourth-order valence-electron chi connectivity index (χ4n) is 2.55. The number of hydrogen-bond acceptors (Lipinski definition) is 4. The second-order valence-electron chi connectivity index (χ2n) is 5.96. The van der Waals surface area contributed by atoms with Crippen molar-refractivity contribution in [3.8, 4) is 11.5 Å². The summed E-state index contributed by atoms with van der Waals surface area (Å²) in [4.78, 5) is 12.2. The molecule has 0 heterocycles. The Bertz CT molecular complexity index is 798. The first-order valence-corrected chi connectivity index (χ1v) is 8.90. The summed E-state index contributed by atoms with van der Waals surface area (Å²) in [6.07, 6.45) is 0. The number of carbonyl (C=O) groups is 1. The fourth-order valence-corrected chi connectivity index (χ4v) is 2.55. The Balaban J connectivity index is 1.76. The number of ether oxygens (including phenoxy) is 3. The molecule has 0 saturated carbocycles. The van der Waals surface area contributed by atoms with Crippen molar-refractivity contribution in [2.75, 3.05) is 6.61 Å². The van der Waals surface area contributed by atoms with Crippen molar-refractivity contribution in [3.63, 3.8) is 0 Å². The van der Waals surface area contributed by atoms with Gasteiger partial charge in [0, 0.05) is 6.07 Å². The Morgan fingerprint density at radius 1 is 0.741 bits per heavy atom. The summed E-state index contributed by atoms with van der Waals surface area (Å²) in [5.41, 5.74) is 2.50. The van der Waals surface area contributed by atoms with E-state index in [-0.39, 0.29) is 0 Å². The third-order valence-electron chi connectivity index (χ3n) is 3.89. The minimum atomic E-state index is -0.396. The van der Waals surface area contributed by atoms with Crippen LogP contribution in [0.15, 0.2) is 78.9 Å². The zero-order valence-corrected chi connectivity index (χ0v) is 15.3. The highest BCUT2D eigenvalue weighted by atomic mass is 16.5. The van der Waals surface area contributed by atoms with Crippen molar-refractivity contribution in [1.82, 2.24) is 0 Å². The Hall–Kier alpha value is -3.27. The molecule has 0 unspecified atom stereocenters. The average molecular weight is 362 g/mol. The molecule has 3 aromatic carbocycles. The van der Waals surface area contributed by atoms with Crippen LogP contribution in [0.1, 0.15) is 28.4 Å². The summed E-state index contributed by atoms with van der Waals surface area (Å²) in [5.74, 6) is 0.729. The monoisotopic (exact) mass is 362 g/mol. The van der Waals surface area contributed by atoms with E-state index in [4.69, 9.17) is 14.2 Å². The van der Waals surface area contributed by atoms with Crippen molar-refractivity contribution in [1.29, 1.82) is 0 Å². The van der Waals surface area contributed by atoms with Crippen LogP contribution in [0, 0.1) is 0 Å². The van der Waals surface area contributed by atoms with Crippen LogP contribution in [0.4, 0.5) is 0 Å². The third-order valence-corrected chi connectivity index (χ3v) is 3.89. The maximum atomic E-state index is 12.2. The van der Waals surface area contributed by atoms with Gasteiger partial charge in [-0.05, 0) is 30.2 Å². The first-order chi connectivity index (χ1) is 13.2. The van der Waals surface area contributed by atoms with E-state index >= 15 is 0 Å². The first-order valence-electron chi connectivity index (χ1n) is 8.90. The Kier molecular flexibility index (Phi) is 6.47. The molecular formula is C23H22O4. The minimum Gasteiger partial charge on any atom is -0.489 e. The number of benzene rings is 3. The smallest absolute Gasteiger partial charge is 0.338 e. The van der Waals surface area contributed by atoms with Gasteiger partial charge in [-0.15, -0.1) is 0 Å². The van der Waals surface area contributed by atoms with Crippen molar-refractivity contribution >= 4 is 5.97 Å². The van der Waals surface area contributed by atoms with Crippen LogP contribution in [0.25, 0.3) is 0 Å². The topological polar surface area (TPSA) is 44.8 Å². The molecule has 27 heavy (non-hydrogen) atoms. The van der Waals surface area contributed by atoms with Gasteiger partial charge in [0.2, 0.25) is 0 Å². The van der Waals surface area contributed by atoms with Gasteiger partial charge in [-0.2, -0.15) is 0 Å². The van der Waals surface area contributed by atoms with Crippen LogP contribution in [-0.4, -0.2) is 12.6 Å². The molecule has 0 amide bonds. The Morgan fingerprint density at radius 3 is 1.67 bits per heavy atom. The largest absolute Gasteiger partial charge is 0.489 e. The summed E-state index contributed by atoms with van der Waals surface area (Å²) >= 11 is 0. The van der Waals surface area contributed by atoms with Crippen LogP contribution in [0.3, 0.4) is 0 Å². The molecular weight excluding hydrogens is 340 g/mol. The summed E-state index contributed by atoms with van der Waals surface area (Å²) < 4.78 is 16.8. The molecule has 0 atom stereocenters. The van der Waals surface area contributed by atoms with Gasteiger partial charge in [0.1, 0.15) is 24.7 Å². The first kappa shape index (κ1) is 18.5. The Morgan fingerprint density at radius 2 is 1.22 bits per heavy atom. The molecule has 0 fully saturated rings. The predicted molar refractivity (Wildman–Crippen MR) is 104 cm³/mol. The lowest BCUT2D eigenvalue weighted by atomic mass is 10.2. The molecule has 0 aliphatic carbocycles. The van der Waals surface area contributed by atoms with Crippen LogP contribution in [0.5, 0.6) is 11.5 Å². The normalized spacial score (nSPS) is 10.3. The molecule has 0 bridgehead atoms. The second-order valence-corrected chi connectivity index (χ2v) is 5.96. The highest BCUT2D eigenvalue weighted by Crippen LogP contribution is 2.25. The number of carbonyl (C=O) groups excluding carboxylic acids is 1. The van der Waals surface area contributed by atoms with Gasteiger partial charge in [0.15, 0.2) is 0 Å². The second kappa shape index (κ2) is 9.43. The molecule has 0 saturated heterocycles. The van der Waals surface area contributed by atoms with Gasteiger partial charge in [0.05, 0.1) is 12.2 Å². The molecule has 0 spiro atoms. The van der Waals surface area contributed by atoms with Gasteiger partial charge >= 0.3 is 5.97 Å². The quantitative estimate of drug-likeness (QED) is 0.528. The third kappa shape index (κ3) is 5.61. The molecule has 4 heteroatoms.